The van der Waals surface area contributed by atoms with E-state index in [0.29, 0.717) is 36.4 Å². The predicted octanol–water partition coefficient (Wildman–Crippen LogP) is 2.03. The number of pyridine rings is 1. The van der Waals surface area contributed by atoms with Crippen LogP contribution in [0.1, 0.15) is 19.0 Å². The monoisotopic (exact) mass is 421 g/mol. The van der Waals surface area contributed by atoms with Gasteiger partial charge in [0.2, 0.25) is 10.9 Å². The molecule has 0 aliphatic carbocycles. The third-order valence-electron chi connectivity index (χ3n) is 5.33. The number of benzene rings is 1. The first-order chi connectivity index (χ1) is 14.9. The summed E-state index contributed by atoms with van der Waals surface area (Å²) in [5.74, 6) is -0.889. The molecule has 4 rings (SSSR count). The van der Waals surface area contributed by atoms with Gasteiger partial charge < -0.3 is 20.1 Å². The largest absolute Gasteiger partial charge is 0.481 e. The molecule has 1 aliphatic heterocycles. The summed E-state index contributed by atoms with van der Waals surface area (Å²) < 4.78 is 5.72. The lowest BCUT2D eigenvalue weighted by Crippen LogP contribution is -2.47. The van der Waals surface area contributed by atoms with Crippen molar-refractivity contribution in [3.05, 3.63) is 74.8 Å². The van der Waals surface area contributed by atoms with Crippen LogP contribution in [0, 0.1) is 0 Å². The lowest BCUT2D eigenvalue weighted by molar-refractivity contribution is -0.141. The second-order valence-electron chi connectivity index (χ2n) is 7.70. The van der Waals surface area contributed by atoms with Gasteiger partial charge in [-0.25, -0.2) is 0 Å². The first kappa shape index (κ1) is 20.7. The van der Waals surface area contributed by atoms with Crippen LogP contribution in [0.4, 0.5) is 11.4 Å². The number of morpholine rings is 1. The van der Waals surface area contributed by atoms with Gasteiger partial charge in [0.1, 0.15) is 0 Å². The fraction of sp³-hybridized carbons (Fsp3) is 0.304. The summed E-state index contributed by atoms with van der Waals surface area (Å²) in [6, 6.07) is 12.9. The molecule has 8 nitrogen and oxygen atoms in total. The molecule has 1 fully saturated rings. The Bertz CT molecular complexity index is 1140. The molecule has 0 spiro atoms. The molecule has 31 heavy (non-hydrogen) atoms. The average molecular weight is 421 g/mol. The number of carboxylic acid groups (broad SMARTS) is 1. The van der Waals surface area contributed by atoms with E-state index in [1.165, 1.54) is 0 Å². The molecule has 2 aromatic carbocycles. The molecular weight excluding hydrogens is 398 g/mol. The van der Waals surface area contributed by atoms with Crippen LogP contribution < -0.4 is 21.1 Å². The van der Waals surface area contributed by atoms with Crippen LogP contribution in [0.2, 0.25) is 0 Å². The van der Waals surface area contributed by atoms with Crippen molar-refractivity contribution in [2.45, 2.75) is 32.1 Å². The van der Waals surface area contributed by atoms with Crippen LogP contribution in [0.5, 0.6) is 0 Å². The number of nitrogens with one attached hydrogen (secondary N) is 1. The topological polar surface area (TPSA) is 109 Å². The van der Waals surface area contributed by atoms with Crippen molar-refractivity contribution < 1.29 is 14.6 Å². The van der Waals surface area contributed by atoms with Crippen molar-refractivity contribution in [2.24, 2.45) is 0 Å². The Hall–Kier alpha value is -3.52. The number of nitrogens with zero attached hydrogens (tertiary/aromatic N) is 2. The van der Waals surface area contributed by atoms with Crippen molar-refractivity contribution >= 4 is 17.3 Å². The third kappa shape index (κ3) is 4.49. The number of ether oxygens (including phenoxy) is 1. The molecule has 160 valence electrons. The van der Waals surface area contributed by atoms with Gasteiger partial charge in [-0.05, 0) is 36.8 Å². The van der Waals surface area contributed by atoms with Crippen LogP contribution in [0.3, 0.4) is 0 Å². The third-order valence-corrected chi connectivity index (χ3v) is 5.33. The summed E-state index contributed by atoms with van der Waals surface area (Å²) in [7, 11) is 0. The maximum absolute atomic E-state index is 12.2. The first-order valence-electron chi connectivity index (χ1n) is 10.1. The lowest BCUT2D eigenvalue weighted by atomic mass is 9.98. The molecule has 0 bridgehead atoms. The summed E-state index contributed by atoms with van der Waals surface area (Å²) in [4.78, 5) is 41.6. The van der Waals surface area contributed by atoms with Crippen molar-refractivity contribution in [1.82, 2.24) is 4.98 Å². The minimum absolute atomic E-state index is 0.0479. The highest BCUT2D eigenvalue weighted by Crippen LogP contribution is 2.28. The molecule has 1 aromatic heterocycles. The smallest absolute Gasteiger partial charge is 0.306 e. The Balaban J connectivity index is 1.50. The van der Waals surface area contributed by atoms with Crippen molar-refractivity contribution in [3.8, 4) is 11.1 Å². The first-order valence-corrected chi connectivity index (χ1v) is 10.1. The number of aromatic nitrogens is 1. The van der Waals surface area contributed by atoms with E-state index in [4.69, 9.17) is 9.84 Å². The Kier molecular flexibility index (Phi) is 5.81. The number of anilines is 2. The molecule has 2 unspecified atom stereocenters. The maximum atomic E-state index is 12.2. The highest BCUT2D eigenvalue weighted by Gasteiger charge is 2.28. The Morgan fingerprint density at radius 2 is 1.94 bits per heavy atom. The zero-order chi connectivity index (χ0) is 22.0. The number of rotatable bonds is 7. The summed E-state index contributed by atoms with van der Waals surface area (Å²) in [5.41, 5.74) is 2.02. The zero-order valence-electron chi connectivity index (χ0n) is 17.1. The molecule has 2 atom stereocenters. The van der Waals surface area contributed by atoms with Crippen LogP contribution >= 0.6 is 0 Å². The molecule has 3 aromatic rings. The van der Waals surface area contributed by atoms with E-state index >= 15 is 0 Å². The van der Waals surface area contributed by atoms with E-state index in [1.807, 2.05) is 49.4 Å². The minimum Gasteiger partial charge on any atom is -0.481 e. The Labute approximate surface area is 178 Å². The highest BCUT2D eigenvalue weighted by molar-refractivity contribution is 5.82. The number of hydrogen-bond acceptors (Lipinski definition) is 7. The van der Waals surface area contributed by atoms with E-state index in [-0.39, 0.29) is 18.6 Å². The molecule has 0 radical (unpaired) electrons. The fourth-order valence-corrected chi connectivity index (χ4v) is 3.92. The molecule has 2 heterocycles. The van der Waals surface area contributed by atoms with Crippen LogP contribution in [0.25, 0.3) is 11.1 Å². The van der Waals surface area contributed by atoms with E-state index in [2.05, 4.69) is 15.2 Å². The van der Waals surface area contributed by atoms with Crippen LogP contribution in [-0.4, -0.2) is 41.4 Å². The van der Waals surface area contributed by atoms with Crippen molar-refractivity contribution in [1.29, 1.82) is 0 Å². The number of carboxylic acids is 1. The van der Waals surface area contributed by atoms with Gasteiger partial charge >= 0.3 is 5.97 Å². The Morgan fingerprint density at radius 3 is 2.61 bits per heavy atom. The lowest BCUT2D eigenvalue weighted by Gasteiger charge is -2.37. The summed E-state index contributed by atoms with van der Waals surface area (Å²) >= 11 is 0. The molecule has 8 heteroatoms. The fourth-order valence-electron chi connectivity index (χ4n) is 3.92. The van der Waals surface area contributed by atoms with E-state index in [9.17, 15) is 14.4 Å². The number of carbonyl (C=O) groups is 1. The van der Waals surface area contributed by atoms with E-state index in [1.54, 1.807) is 6.20 Å². The molecule has 1 aliphatic rings. The van der Waals surface area contributed by atoms with Gasteiger partial charge in [0, 0.05) is 25.0 Å². The maximum Gasteiger partial charge on any atom is 0.306 e. The predicted molar refractivity (Wildman–Crippen MR) is 117 cm³/mol. The van der Waals surface area contributed by atoms with Gasteiger partial charge in [-0.1, -0.05) is 18.2 Å². The van der Waals surface area contributed by atoms with E-state index in [0.717, 1.165) is 11.4 Å². The molecule has 1 saturated heterocycles. The molecule has 0 saturated carbocycles. The van der Waals surface area contributed by atoms with Gasteiger partial charge in [0.15, 0.2) is 0 Å². The Morgan fingerprint density at radius 1 is 1.16 bits per heavy atom. The normalized spacial score (nSPS) is 18.8. The minimum atomic E-state index is -0.889. The second-order valence-corrected chi connectivity index (χ2v) is 7.70. The average Bonchev–Trinajstić information content (AvgIpc) is 2.76. The van der Waals surface area contributed by atoms with Crippen LogP contribution in [-0.2, 0) is 16.1 Å². The molecular formula is C23H23N3O5. The number of aliphatic carboxylic acids is 1. The van der Waals surface area contributed by atoms with Gasteiger partial charge in [0.05, 0.1) is 42.1 Å². The standard InChI is InChI=1S/C23H23N3O5/c1-14-12-26(13-18(31-14)10-19(27)28)17-7-5-15(6-8-17)20-21(23(30)22(20)29)25-11-16-4-2-3-9-24-16/h2-9,14,18,25H,10-13H2,1H3,(H,27,28). The van der Waals surface area contributed by atoms with Gasteiger partial charge in [-0.15, -0.1) is 0 Å². The summed E-state index contributed by atoms with van der Waals surface area (Å²) in [6.07, 6.45) is 1.16. The van der Waals surface area contributed by atoms with Crippen LogP contribution in [0.15, 0.2) is 58.3 Å². The number of hydrogen-bond donors (Lipinski definition) is 2. The second kappa shape index (κ2) is 8.69. The van der Waals surface area contributed by atoms with Gasteiger partial charge in [-0.2, -0.15) is 0 Å². The quantitative estimate of drug-likeness (QED) is 0.558. The SMILES string of the molecule is CC1CN(c2ccc(-c3c(NCc4ccccn4)c(=O)c3=O)cc2)CC(CC(=O)O)O1. The van der Waals surface area contributed by atoms with Gasteiger partial charge in [0.25, 0.3) is 0 Å². The summed E-state index contributed by atoms with van der Waals surface area (Å²) in [6.45, 7) is 3.39. The van der Waals surface area contributed by atoms with Crippen molar-refractivity contribution in [3.63, 3.8) is 0 Å². The van der Waals surface area contributed by atoms with Gasteiger partial charge in [-0.3, -0.25) is 19.4 Å². The summed E-state index contributed by atoms with van der Waals surface area (Å²) in [5, 5.41) is 12.1. The molecule has 2 N–H and O–H groups in total. The van der Waals surface area contributed by atoms with E-state index < -0.39 is 16.8 Å². The molecule has 0 amide bonds. The van der Waals surface area contributed by atoms with Crippen molar-refractivity contribution in [2.75, 3.05) is 23.3 Å². The zero-order valence-corrected chi connectivity index (χ0v) is 17.1. The highest BCUT2D eigenvalue weighted by atomic mass is 16.5.